The number of aliphatic hydroxyl groups excluding tert-OH is 1. The molecule has 3 nitrogen and oxygen atoms in total. The molecule has 0 unspecified atom stereocenters. The van der Waals surface area contributed by atoms with E-state index in [1.807, 2.05) is 26.0 Å². The summed E-state index contributed by atoms with van der Waals surface area (Å²) in [6.45, 7) is 5.49. The molecule has 0 bridgehead atoms. The molecule has 1 aromatic heterocycles. The summed E-state index contributed by atoms with van der Waals surface area (Å²) in [6, 6.07) is 7.83. The minimum Gasteiger partial charge on any atom is -0.455 e. The Labute approximate surface area is 118 Å². The molecule has 106 valence electrons. The Hall–Kier alpha value is -1.94. The second-order valence-electron chi connectivity index (χ2n) is 4.71. The van der Waals surface area contributed by atoms with E-state index in [4.69, 9.17) is 4.74 Å². The number of hydrogen-bond acceptors (Lipinski definition) is 3. The van der Waals surface area contributed by atoms with Crippen molar-refractivity contribution in [1.29, 1.82) is 0 Å². The van der Waals surface area contributed by atoms with Gasteiger partial charge in [0.15, 0.2) is 0 Å². The molecule has 2 aromatic rings. The fraction of sp³-hybridized carbons (Fsp3) is 0.312. The molecule has 0 amide bonds. The van der Waals surface area contributed by atoms with Crippen molar-refractivity contribution in [3.05, 3.63) is 53.1 Å². The van der Waals surface area contributed by atoms with Crippen molar-refractivity contribution >= 4 is 0 Å². The molecule has 0 saturated heterocycles. The molecule has 1 heterocycles. The molecule has 1 N–H and O–H groups in total. The quantitative estimate of drug-likeness (QED) is 0.919. The Bertz CT molecular complexity index is 611. The normalized spacial score (nSPS) is 12.2. The summed E-state index contributed by atoms with van der Waals surface area (Å²) in [5.74, 6) is 0.680. The number of nitrogens with zero attached hydrogens (tertiary/aromatic N) is 1. The minimum absolute atomic E-state index is 0.397. The zero-order valence-electron chi connectivity index (χ0n) is 11.9. The van der Waals surface area contributed by atoms with E-state index in [0.29, 0.717) is 17.1 Å². The zero-order valence-corrected chi connectivity index (χ0v) is 11.9. The van der Waals surface area contributed by atoms with Gasteiger partial charge in [0.25, 0.3) is 0 Å². The van der Waals surface area contributed by atoms with E-state index in [-0.39, 0.29) is 0 Å². The van der Waals surface area contributed by atoms with Gasteiger partial charge in [-0.2, -0.15) is 0 Å². The van der Waals surface area contributed by atoms with Gasteiger partial charge < -0.3 is 9.84 Å². The van der Waals surface area contributed by atoms with Gasteiger partial charge in [0.05, 0.1) is 11.8 Å². The maximum Gasteiger partial charge on any atom is 0.148 e. The van der Waals surface area contributed by atoms with Crippen LogP contribution in [0.4, 0.5) is 4.39 Å². The summed E-state index contributed by atoms with van der Waals surface area (Å²) in [6.07, 6.45) is -0.0634. The first kappa shape index (κ1) is 14.5. The smallest absolute Gasteiger partial charge is 0.148 e. The molecule has 0 aliphatic carbocycles. The summed E-state index contributed by atoms with van der Waals surface area (Å²) in [5.41, 5.74) is 2.18. The Morgan fingerprint density at radius 3 is 2.60 bits per heavy atom. The maximum atomic E-state index is 13.3. The second-order valence-corrected chi connectivity index (χ2v) is 4.71. The monoisotopic (exact) mass is 275 g/mol. The number of aromatic nitrogens is 1. The SMILES string of the molecule is CCc1nc(C)ccc1Oc1ccc(F)cc1[C@@H](C)O. The van der Waals surface area contributed by atoms with Gasteiger partial charge >= 0.3 is 0 Å². The number of rotatable bonds is 4. The van der Waals surface area contributed by atoms with Crippen LogP contribution in [0.1, 0.15) is 36.9 Å². The van der Waals surface area contributed by atoms with Gasteiger partial charge in [-0.15, -0.1) is 0 Å². The van der Waals surface area contributed by atoms with Crippen LogP contribution in [0.15, 0.2) is 30.3 Å². The third kappa shape index (κ3) is 3.14. The predicted molar refractivity (Wildman–Crippen MR) is 75.5 cm³/mol. The van der Waals surface area contributed by atoms with Gasteiger partial charge in [0, 0.05) is 11.3 Å². The average molecular weight is 275 g/mol. The molecule has 0 radical (unpaired) electrons. The predicted octanol–water partition coefficient (Wildman–Crippen LogP) is 3.94. The molecule has 0 saturated carbocycles. The summed E-state index contributed by atoms with van der Waals surface area (Å²) in [7, 11) is 0. The average Bonchev–Trinajstić information content (AvgIpc) is 2.42. The van der Waals surface area contributed by atoms with Crippen LogP contribution in [0.25, 0.3) is 0 Å². The first-order valence-electron chi connectivity index (χ1n) is 6.63. The molecule has 2 rings (SSSR count). The molecule has 0 aliphatic heterocycles. The van der Waals surface area contributed by atoms with Crippen molar-refractivity contribution < 1.29 is 14.2 Å². The largest absolute Gasteiger partial charge is 0.455 e. The Morgan fingerprint density at radius 2 is 1.95 bits per heavy atom. The van der Waals surface area contributed by atoms with E-state index in [0.717, 1.165) is 17.8 Å². The standard InChI is InChI=1S/C16H18FNO2/c1-4-14-16(7-5-10(2)18-14)20-15-8-6-12(17)9-13(15)11(3)19/h5-9,11,19H,4H2,1-3H3/t11-/m1/s1. The van der Waals surface area contributed by atoms with E-state index in [2.05, 4.69) is 4.98 Å². The van der Waals surface area contributed by atoms with Crippen LogP contribution in [-0.4, -0.2) is 10.1 Å². The van der Waals surface area contributed by atoms with Crippen LogP contribution in [-0.2, 0) is 6.42 Å². The summed E-state index contributed by atoms with van der Waals surface area (Å²) >= 11 is 0. The molecular weight excluding hydrogens is 257 g/mol. The Morgan fingerprint density at radius 1 is 1.25 bits per heavy atom. The highest BCUT2D eigenvalue weighted by Gasteiger charge is 2.13. The van der Waals surface area contributed by atoms with Gasteiger partial charge in [-0.1, -0.05) is 6.92 Å². The molecular formula is C16H18FNO2. The van der Waals surface area contributed by atoms with Gasteiger partial charge in [-0.25, -0.2) is 4.39 Å². The molecule has 4 heteroatoms. The number of ether oxygens (including phenoxy) is 1. The van der Waals surface area contributed by atoms with Crippen molar-refractivity contribution in [3.8, 4) is 11.5 Å². The third-order valence-corrected chi connectivity index (χ3v) is 3.05. The van der Waals surface area contributed by atoms with Crippen LogP contribution in [0.5, 0.6) is 11.5 Å². The first-order chi connectivity index (χ1) is 9.51. The minimum atomic E-state index is -0.802. The third-order valence-electron chi connectivity index (χ3n) is 3.05. The van der Waals surface area contributed by atoms with Crippen LogP contribution < -0.4 is 4.74 Å². The summed E-state index contributed by atoms with van der Waals surface area (Å²) < 4.78 is 19.1. The Balaban J connectivity index is 2.39. The van der Waals surface area contributed by atoms with E-state index >= 15 is 0 Å². The number of aryl methyl sites for hydroxylation is 2. The van der Waals surface area contributed by atoms with Crippen molar-refractivity contribution in [2.24, 2.45) is 0 Å². The molecule has 0 aliphatic rings. The molecule has 0 spiro atoms. The van der Waals surface area contributed by atoms with Gasteiger partial charge in [-0.3, -0.25) is 4.98 Å². The van der Waals surface area contributed by atoms with Crippen LogP contribution in [0.3, 0.4) is 0 Å². The van der Waals surface area contributed by atoms with E-state index in [9.17, 15) is 9.50 Å². The number of pyridine rings is 1. The highest BCUT2D eigenvalue weighted by atomic mass is 19.1. The van der Waals surface area contributed by atoms with E-state index in [1.165, 1.54) is 18.2 Å². The topological polar surface area (TPSA) is 42.4 Å². The highest BCUT2D eigenvalue weighted by molar-refractivity contribution is 5.41. The molecule has 0 fully saturated rings. The van der Waals surface area contributed by atoms with Gasteiger partial charge in [0.1, 0.15) is 17.3 Å². The van der Waals surface area contributed by atoms with Crippen molar-refractivity contribution in [2.45, 2.75) is 33.3 Å². The summed E-state index contributed by atoms with van der Waals surface area (Å²) in [5, 5.41) is 9.72. The number of aliphatic hydroxyl groups is 1. The molecule has 1 atom stereocenters. The first-order valence-corrected chi connectivity index (χ1v) is 6.63. The van der Waals surface area contributed by atoms with Crippen LogP contribution in [0.2, 0.25) is 0 Å². The zero-order chi connectivity index (χ0) is 14.7. The second kappa shape index (κ2) is 6.01. The Kier molecular flexibility index (Phi) is 4.35. The van der Waals surface area contributed by atoms with Crippen LogP contribution in [0, 0.1) is 12.7 Å². The van der Waals surface area contributed by atoms with E-state index < -0.39 is 11.9 Å². The van der Waals surface area contributed by atoms with Gasteiger partial charge in [0.2, 0.25) is 0 Å². The lowest BCUT2D eigenvalue weighted by molar-refractivity contribution is 0.195. The van der Waals surface area contributed by atoms with Crippen molar-refractivity contribution in [1.82, 2.24) is 4.98 Å². The fourth-order valence-electron chi connectivity index (χ4n) is 2.00. The lowest BCUT2D eigenvalue weighted by Gasteiger charge is -2.15. The lowest BCUT2D eigenvalue weighted by Crippen LogP contribution is -2.00. The molecule has 20 heavy (non-hydrogen) atoms. The number of halogens is 1. The summed E-state index contributed by atoms with van der Waals surface area (Å²) in [4.78, 5) is 4.42. The maximum absolute atomic E-state index is 13.3. The highest BCUT2D eigenvalue weighted by Crippen LogP contribution is 2.31. The number of benzene rings is 1. The van der Waals surface area contributed by atoms with Crippen molar-refractivity contribution in [2.75, 3.05) is 0 Å². The molecule has 1 aromatic carbocycles. The van der Waals surface area contributed by atoms with E-state index in [1.54, 1.807) is 6.92 Å². The van der Waals surface area contributed by atoms with Crippen molar-refractivity contribution in [3.63, 3.8) is 0 Å². The number of hydrogen-bond donors (Lipinski definition) is 1. The fourth-order valence-corrected chi connectivity index (χ4v) is 2.00. The lowest BCUT2D eigenvalue weighted by atomic mass is 10.1. The van der Waals surface area contributed by atoms with Crippen LogP contribution >= 0.6 is 0 Å². The van der Waals surface area contributed by atoms with Gasteiger partial charge in [-0.05, 0) is 50.6 Å².